The van der Waals surface area contributed by atoms with E-state index in [0.29, 0.717) is 19.3 Å². The van der Waals surface area contributed by atoms with Crippen LogP contribution in [0.1, 0.15) is 297 Å². The van der Waals surface area contributed by atoms with E-state index in [1.54, 1.807) is 0 Å². The van der Waals surface area contributed by atoms with E-state index in [9.17, 15) is 14.4 Å². The van der Waals surface area contributed by atoms with Crippen LogP contribution in [0.4, 0.5) is 0 Å². The van der Waals surface area contributed by atoms with E-state index in [-0.39, 0.29) is 31.1 Å². The Morgan fingerprint density at radius 3 is 0.875 bits per heavy atom. The summed E-state index contributed by atoms with van der Waals surface area (Å²) < 4.78 is 16.8. The van der Waals surface area contributed by atoms with Crippen LogP contribution in [0.3, 0.4) is 0 Å². The molecule has 1 unspecified atom stereocenters. The predicted molar refractivity (Wildman–Crippen MR) is 275 cm³/mol. The molecule has 64 heavy (non-hydrogen) atoms. The Morgan fingerprint density at radius 1 is 0.312 bits per heavy atom. The lowest BCUT2D eigenvalue weighted by Crippen LogP contribution is -2.30. The van der Waals surface area contributed by atoms with Crippen molar-refractivity contribution in [3.05, 3.63) is 36.5 Å². The van der Waals surface area contributed by atoms with Crippen LogP contribution in [0.2, 0.25) is 0 Å². The van der Waals surface area contributed by atoms with Gasteiger partial charge in [-0.2, -0.15) is 0 Å². The van der Waals surface area contributed by atoms with Crippen molar-refractivity contribution < 1.29 is 28.6 Å². The summed E-state index contributed by atoms with van der Waals surface area (Å²) in [6.45, 7) is 6.63. The van der Waals surface area contributed by atoms with Crippen molar-refractivity contribution in [2.45, 2.75) is 303 Å². The van der Waals surface area contributed by atoms with Crippen molar-refractivity contribution in [1.29, 1.82) is 0 Å². The highest BCUT2D eigenvalue weighted by molar-refractivity contribution is 5.71. The molecule has 374 valence electrons. The van der Waals surface area contributed by atoms with Crippen LogP contribution >= 0.6 is 0 Å². The zero-order chi connectivity index (χ0) is 46.5. The van der Waals surface area contributed by atoms with Gasteiger partial charge in [0.25, 0.3) is 0 Å². The molecule has 0 aromatic carbocycles. The number of unbranched alkanes of at least 4 members (excludes halogenated alkanes) is 34. The molecule has 0 aliphatic carbocycles. The quantitative estimate of drug-likeness (QED) is 0.0262. The summed E-state index contributed by atoms with van der Waals surface area (Å²) in [5.41, 5.74) is 0. The molecule has 6 heteroatoms. The van der Waals surface area contributed by atoms with Crippen LogP contribution < -0.4 is 0 Å². The van der Waals surface area contributed by atoms with Gasteiger partial charge in [-0.15, -0.1) is 0 Å². The Balaban J connectivity index is 4.17. The van der Waals surface area contributed by atoms with E-state index in [2.05, 4.69) is 57.2 Å². The average Bonchev–Trinajstić information content (AvgIpc) is 3.29. The minimum Gasteiger partial charge on any atom is -0.462 e. The van der Waals surface area contributed by atoms with Gasteiger partial charge in [-0.05, 0) is 57.8 Å². The van der Waals surface area contributed by atoms with Gasteiger partial charge >= 0.3 is 17.9 Å². The first-order valence-electron chi connectivity index (χ1n) is 28.0. The van der Waals surface area contributed by atoms with Crippen LogP contribution in [0.25, 0.3) is 0 Å². The summed E-state index contributed by atoms with van der Waals surface area (Å²) >= 11 is 0. The van der Waals surface area contributed by atoms with Crippen LogP contribution in [0, 0.1) is 0 Å². The SMILES string of the molecule is CCCCCCC/C=C\C/C=C\C/C=C\CCCCCCCCCCCCC(=O)OCC(COC(=O)CCCCCCCCCCCC)OC(=O)CCCCCCCCCCCCC. The second-order valence-electron chi connectivity index (χ2n) is 18.9. The summed E-state index contributed by atoms with van der Waals surface area (Å²) in [6.07, 6.45) is 62.8. The van der Waals surface area contributed by atoms with Crippen molar-refractivity contribution in [1.82, 2.24) is 0 Å². The lowest BCUT2D eigenvalue weighted by molar-refractivity contribution is -0.167. The van der Waals surface area contributed by atoms with E-state index in [1.807, 2.05) is 0 Å². The largest absolute Gasteiger partial charge is 0.462 e. The van der Waals surface area contributed by atoms with Crippen molar-refractivity contribution in [2.75, 3.05) is 13.2 Å². The molecular weight excluding hydrogens is 793 g/mol. The number of ether oxygens (including phenoxy) is 3. The Bertz CT molecular complexity index is 1080. The number of carbonyl (C=O) groups is 3. The Kier molecular flexibility index (Phi) is 51.3. The van der Waals surface area contributed by atoms with E-state index in [4.69, 9.17) is 14.2 Å². The van der Waals surface area contributed by atoms with Gasteiger partial charge in [-0.1, -0.05) is 256 Å². The fourth-order valence-corrected chi connectivity index (χ4v) is 8.16. The Labute approximate surface area is 397 Å². The molecule has 0 aliphatic heterocycles. The summed E-state index contributed by atoms with van der Waals surface area (Å²) in [7, 11) is 0. The molecule has 0 fully saturated rings. The first kappa shape index (κ1) is 61.6. The summed E-state index contributed by atoms with van der Waals surface area (Å²) in [5, 5.41) is 0. The van der Waals surface area contributed by atoms with Gasteiger partial charge in [0.2, 0.25) is 0 Å². The number of hydrogen-bond donors (Lipinski definition) is 0. The summed E-state index contributed by atoms with van der Waals surface area (Å²) in [4.78, 5) is 37.9. The lowest BCUT2D eigenvalue weighted by Gasteiger charge is -2.18. The van der Waals surface area contributed by atoms with Crippen LogP contribution in [-0.4, -0.2) is 37.2 Å². The fraction of sp³-hybridized carbons (Fsp3) is 0.845. The number of carbonyl (C=O) groups excluding carboxylic acids is 3. The molecule has 0 saturated carbocycles. The first-order chi connectivity index (χ1) is 31.5. The molecule has 0 aliphatic rings. The molecule has 0 aromatic heterocycles. The van der Waals surface area contributed by atoms with Crippen molar-refractivity contribution >= 4 is 17.9 Å². The fourth-order valence-electron chi connectivity index (χ4n) is 8.16. The third-order valence-electron chi connectivity index (χ3n) is 12.4. The summed E-state index contributed by atoms with van der Waals surface area (Å²) in [5.74, 6) is -0.862. The monoisotopic (exact) mass is 899 g/mol. The number of hydrogen-bond acceptors (Lipinski definition) is 6. The minimum atomic E-state index is -0.767. The normalized spacial score (nSPS) is 12.2. The molecule has 1 atom stereocenters. The number of allylic oxidation sites excluding steroid dienone is 6. The Hall–Kier alpha value is -2.37. The number of rotatable bonds is 51. The molecule has 0 aromatic rings. The Morgan fingerprint density at radius 2 is 0.562 bits per heavy atom. The van der Waals surface area contributed by atoms with E-state index >= 15 is 0 Å². The molecule has 0 bridgehead atoms. The highest BCUT2D eigenvalue weighted by Crippen LogP contribution is 2.16. The third-order valence-corrected chi connectivity index (χ3v) is 12.4. The topological polar surface area (TPSA) is 78.9 Å². The molecule has 6 nitrogen and oxygen atoms in total. The van der Waals surface area contributed by atoms with Gasteiger partial charge in [-0.25, -0.2) is 0 Å². The molecular formula is C58H106O6. The predicted octanol–water partition coefficient (Wildman–Crippen LogP) is 18.5. The smallest absolute Gasteiger partial charge is 0.306 e. The molecule has 0 rings (SSSR count). The summed E-state index contributed by atoms with van der Waals surface area (Å²) in [6, 6.07) is 0. The molecule has 0 spiro atoms. The standard InChI is InChI=1S/C58H106O6/c1-4-7-10-13-16-19-22-23-24-25-26-27-28-29-30-31-32-33-34-35-37-39-42-45-48-51-57(60)63-54-55(53-62-56(59)50-47-44-41-38-21-18-15-12-9-6-3)64-58(61)52-49-46-43-40-36-20-17-14-11-8-5-2/h22-23,25-26,28-29,55H,4-21,24,27,30-54H2,1-3H3/b23-22-,26-25-,29-28-. The second kappa shape index (κ2) is 53.2. The van der Waals surface area contributed by atoms with Gasteiger partial charge in [0, 0.05) is 19.3 Å². The van der Waals surface area contributed by atoms with E-state index in [0.717, 1.165) is 70.6 Å². The van der Waals surface area contributed by atoms with E-state index in [1.165, 1.54) is 186 Å². The highest BCUT2D eigenvalue weighted by Gasteiger charge is 2.19. The van der Waals surface area contributed by atoms with Gasteiger partial charge < -0.3 is 14.2 Å². The molecule has 0 saturated heterocycles. The maximum Gasteiger partial charge on any atom is 0.306 e. The van der Waals surface area contributed by atoms with Crippen LogP contribution in [-0.2, 0) is 28.6 Å². The lowest BCUT2D eigenvalue weighted by atomic mass is 10.0. The second-order valence-corrected chi connectivity index (χ2v) is 18.9. The first-order valence-corrected chi connectivity index (χ1v) is 28.0. The van der Waals surface area contributed by atoms with Crippen LogP contribution in [0.5, 0.6) is 0 Å². The molecule has 0 heterocycles. The van der Waals surface area contributed by atoms with Gasteiger partial charge in [0.05, 0.1) is 0 Å². The molecule has 0 amide bonds. The number of esters is 3. The molecule has 0 N–H and O–H groups in total. The van der Waals surface area contributed by atoms with E-state index < -0.39 is 6.10 Å². The van der Waals surface area contributed by atoms with Gasteiger partial charge in [-0.3, -0.25) is 14.4 Å². The third kappa shape index (κ3) is 50.6. The minimum absolute atomic E-state index is 0.0689. The van der Waals surface area contributed by atoms with Gasteiger partial charge in [0.15, 0.2) is 6.10 Å². The maximum atomic E-state index is 12.8. The molecule has 0 radical (unpaired) electrons. The van der Waals surface area contributed by atoms with Crippen molar-refractivity contribution in [3.63, 3.8) is 0 Å². The highest BCUT2D eigenvalue weighted by atomic mass is 16.6. The van der Waals surface area contributed by atoms with Crippen molar-refractivity contribution in [3.8, 4) is 0 Å². The van der Waals surface area contributed by atoms with Crippen molar-refractivity contribution in [2.24, 2.45) is 0 Å². The zero-order valence-corrected chi connectivity index (χ0v) is 42.8. The average molecular weight is 899 g/mol. The van der Waals surface area contributed by atoms with Crippen LogP contribution in [0.15, 0.2) is 36.5 Å². The zero-order valence-electron chi connectivity index (χ0n) is 42.8. The maximum absolute atomic E-state index is 12.8. The van der Waals surface area contributed by atoms with Gasteiger partial charge in [0.1, 0.15) is 13.2 Å².